The van der Waals surface area contributed by atoms with Gasteiger partial charge in [0.15, 0.2) is 0 Å². The molecule has 1 atom stereocenters. The molecule has 0 saturated heterocycles. The number of aryl methyl sites for hydroxylation is 1. The number of hydrogen-bond donors (Lipinski definition) is 2. The van der Waals surface area contributed by atoms with Crippen LogP contribution < -0.4 is 11.3 Å². The molecule has 0 fully saturated rings. The summed E-state index contributed by atoms with van der Waals surface area (Å²) in [6.45, 7) is 0. The Balaban J connectivity index is 2.42. The largest absolute Gasteiger partial charge is 0.271 e. The minimum absolute atomic E-state index is 0.169. The van der Waals surface area contributed by atoms with Gasteiger partial charge in [0.1, 0.15) is 0 Å². The van der Waals surface area contributed by atoms with Crippen LogP contribution in [0.2, 0.25) is 10.0 Å². The Labute approximate surface area is 109 Å². The molecule has 3 N–H and O–H groups in total. The van der Waals surface area contributed by atoms with Crippen LogP contribution in [0.15, 0.2) is 30.5 Å². The molecule has 6 heteroatoms. The van der Waals surface area contributed by atoms with Gasteiger partial charge in [-0.1, -0.05) is 29.3 Å². The summed E-state index contributed by atoms with van der Waals surface area (Å²) in [6, 6.07) is 7.15. The number of rotatable bonds is 3. The van der Waals surface area contributed by atoms with E-state index in [2.05, 4.69) is 10.5 Å². The highest BCUT2D eigenvalue weighted by molar-refractivity contribution is 6.42. The number of hydrogen-bond acceptors (Lipinski definition) is 3. The second kappa shape index (κ2) is 5.06. The van der Waals surface area contributed by atoms with Crippen molar-refractivity contribution in [2.75, 3.05) is 0 Å². The fourth-order valence-electron chi connectivity index (χ4n) is 1.71. The highest BCUT2D eigenvalue weighted by Crippen LogP contribution is 2.28. The van der Waals surface area contributed by atoms with Crippen molar-refractivity contribution in [1.29, 1.82) is 0 Å². The standard InChI is InChI=1S/C11H12Cl2N4/c1-17-10(4-5-15-17)11(16-14)7-2-3-8(12)9(13)6-7/h2-6,11,16H,14H2,1H3. The van der Waals surface area contributed by atoms with E-state index in [4.69, 9.17) is 29.0 Å². The van der Waals surface area contributed by atoms with Crippen molar-refractivity contribution in [3.63, 3.8) is 0 Å². The van der Waals surface area contributed by atoms with Crippen LogP contribution in [0.4, 0.5) is 0 Å². The van der Waals surface area contributed by atoms with Crippen LogP contribution in [0.25, 0.3) is 0 Å². The molecule has 0 amide bonds. The molecule has 2 rings (SSSR count). The molecular weight excluding hydrogens is 259 g/mol. The first-order chi connectivity index (χ1) is 8.13. The van der Waals surface area contributed by atoms with Crippen LogP contribution in [0.5, 0.6) is 0 Å². The molecule has 90 valence electrons. The third-order valence-corrected chi connectivity index (χ3v) is 3.34. The second-order valence-electron chi connectivity index (χ2n) is 3.65. The maximum absolute atomic E-state index is 5.99. The lowest BCUT2D eigenvalue weighted by atomic mass is 10.0. The van der Waals surface area contributed by atoms with Crippen LogP contribution in [0.3, 0.4) is 0 Å². The molecule has 2 aromatic rings. The number of nitrogens with one attached hydrogen (secondary N) is 1. The Morgan fingerprint density at radius 1 is 1.29 bits per heavy atom. The predicted molar refractivity (Wildman–Crippen MR) is 68.8 cm³/mol. The van der Waals surface area contributed by atoms with E-state index in [1.807, 2.05) is 19.2 Å². The Kier molecular flexibility index (Phi) is 3.69. The summed E-state index contributed by atoms with van der Waals surface area (Å²) in [5.41, 5.74) is 4.63. The average molecular weight is 271 g/mol. The Morgan fingerprint density at radius 3 is 2.59 bits per heavy atom. The molecule has 0 radical (unpaired) electrons. The van der Waals surface area contributed by atoms with Crippen molar-refractivity contribution in [2.24, 2.45) is 12.9 Å². The highest BCUT2D eigenvalue weighted by Gasteiger charge is 2.16. The lowest BCUT2D eigenvalue weighted by Crippen LogP contribution is -2.30. The molecule has 0 saturated carbocycles. The average Bonchev–Trinajstić information content (AvgIpc) is 2.71. The van der Waals surface area contributed by atoms with E-state index in [0.29, 0.717) is 10.0 Å². The van der Waals surface area contributed by atoms with E-state index >= 15 is 0 Å². The van der Waals surface area contributed by atoms with E-state index in [0.717, 1.165) is 11.3 Å². The van der Waals surface area contributed by atoms with Crippen LogP contribution >= 0.6 is 23.2 Å². The fourth-order valence-corrected chi connectivity index (χ4v) is 2.02. The van der Waals surface area contributed by atoms with E-state index in [1.54, 1.807) is 23.0 Å². The maximum Gasteiger partial charge on any atom is 0.0878 e. The predicted octanol–water partition coefficient (Wildman–Crippen LogP) is 2.28. The van der Waals surface area contributed by atoms with Crippen LogP contribution in [-0.4, -0.2) is 9.78 Å². The Morgan fingerprint density at radius 2 is 2.06 bits per heavy atom. The van der Waals surface area contributed by atoms with Gasteiger partial charge in [-0.15, -0.1) is 0 Å². The minimum atomic E-state index is -0.169. The number of nitrogens with zero attached hydrogens (tertiary/aromatic N) is 2. The summed E-state index contributed by atoms with van der Waals surface area (Å²) < 4.78 is 1.76. The van der Waals surface area contributed by atoms with Crippen molar-refractivity contribution >= 4 is 23.2 Å². The number of nitrogens with two attached hydrogens (primary N) is 1. The molecule has 0 spiro atoms. The van der Waals surface area contributed by atoms with Crippen LogP contribution in [0.1, 0.15) is 17.3 Å². The number of aromatic nitrogens is 2. The number of halogens is 2. The first kappa shape index (κ1) is 12.4. The van der Waals surface area contributed by atoms with Crippen molar-refractivity contribution in [3.8, 4) is 0 Å². The molecular formula is C11H12Cl2N4. The third kappa shape index (κ3) is 2.45. The first-order valence-electron chi connectivity index (χ1n) is 5.02. The van der Waals surface area contributed by atoms with Gasteiger partial charge in [0.25, 0.3) is 0 Å². The van der Waals surface area contributed by atoms with E-state index < -0.39 is 0 Å². The van der Waals surface area contributed by atoms with Gasteiger partial charge in [-0.25, -0.2) is 5.43 Å². The minimum Gasteiger partial charge on any atom is -0.271 e. The summed E-state index contributed by atoms with van der Waals surface area (Å²) in [5.74, 6) is 5.59. The zero-order chi connectivity index (χ0) is 12.4. The first-order valence-corrected chi connectivity index (χ1v) is 5.78. The molecule has 1 aromatic carbocycles. The van der Waals surface area contributed by atoms with E-state index in [1.165, 1.54) is 0 Å². The van der Waals surface area contributed by atoms with Gasteiger partial charge < -0.3 is 0 Å². The van der Waals surface area contributed by atoms with Gasteiger partial charge in [0, 0.05) is 13.2 Å². The Bertz CT molecular complexity index is 524. The summed E-state index contributed by atoms with van der Waals surface area (Å²) in [6.07, 6.45) is 1.72. The Hall–Kier alpha value is -1.07. The zero-order valence-corrected chi connectivity index (χ0v) is 10.7. The number of hydrazine groups is 1. The molecule has 0 aliphatic carbocycles. The molecule has 1 heterocycles. The van der Waals surface area contributed by atoms with Crippen LogP contribution in [0, 0.1) is 0 Å². The molecule has 17 heavy (non-hydrogen) atoms. The van der Waals surface area contributed by atoms with Gasteiger partial charge in [-0.3, -0.25) is 10.5 Å². The monoisotopic (exact) mass is 270 g/mol. The fraction of sp³-hybridized carbons (Fsp3) is 0.182. The van der Waals surface area contributed by atoms with Crippen molar-refractivity contribution in [3.05, 3.63) is 51.8 Å². The lowest BCUT2D eigenvalue weighted by molar-refractivity contribution is 0.575. The zero-order valence-electron chi connectivity index (χ0n) is 9.19. The van der Waals surface area contributed by atoms with Crippen LogP contribution in [-0.2, 0) is 7.05 Å². The molecule has 0 aliphatic rings. The third-order valence-electron chi connectivity index (χ3n) is 2.60. The normalized spacial score (nSPS) is 12.7. The van der Waals surface area contributed by atoms with Gasteiger partial charge in [-0.2, -0.15) is 5.10 Å². The quantitative estimate of drug-likeness (QED) is 0.665. The molecule has 4 nitrogen and oxygen atoms in total. The SMILES string of the molecule is Cn1nccc1C(NN)c1ccc(Cl)c(Cl)c1. The van der Waals surface area contributed by atoms with Gasteiger partial charge in [0.05, 0.1) is 21.8 Å². The lowest BCUT2D eigenvalue weighted by Gasteiger charge is -2.17. The van der Waals surface area contributed by atoms with E-state index in [9.17, 15) is 0 Å². The van der Waals surface area contributed by atoms with Gasteiger partial charge >= 0.3 is 0 Å². The number of benzene rings is 1. The van der Waals surface area contributed by atoms with Crippen molar-refractivity contribution in [1.82, 2.24) is 15.2 Å². The van der Waals surface area contributed by atoms with Gasteiger partial charge in [0.2, 0.25) is 0 Å². The summed E-state index contributed by atoms with van der Waals surface area (Å²) in [5, 5.41) is 5.14. The van der Waals surface area contributed by atoms with Crippen molar-refractivity contribution < 1.29 is 0 Å². The topological polar surface area (TPSA) is 55.9 Å². The highest BCUT2D eigenvalue weighted by atomic mass is 35.5. The van der Waals surface area contributed by atoms with Crippen molar-refractivity contribution in [2.45, 2.75) is 6.04 Å². The summed E-state index contributed by atoms with van der Waals surface area (Å²) in [4.78, 5) is 0. The summed E-state index contributed by atoms with van der Waals surface area (Å²) >= 11 is 11.9. The smallest absolute Gasteiger partial charge is 0.0878 e. The van der Waals surface area contributed by atoms with E-state index in [-0.39, 0.29) is 6.04 Å². The molecule has 0 aliphatic heterocycles. The molecule has 1 unspecified atom stereocenters. The molecule has 1 aromatic heterocycles. The summed E-state index contributed by atoms with van der Waals surface area (Å²) in [7, 11) is 1.86. The second-order valence-corrected chi connectivity index (χ2v) is 4.47. The molecule has 0 bridgehead atoms. The van der Waals surface area contributed by atoms with Gasteiger partial charge in [-0.05, 0) is 23.8 Å². The maximum atomic E-state index is 5.99.